The van der Waals surface area contributed by atoms with Gasteiger partial charge in [0.05, 0.1) is 12.1 Å². The van der Waals surface area contributed by atoms with Crippen LogP contribution in [0.25, 0.3) is 10.9 Å². The summed E-state index contributed by atoms with van der Waals surface area (Å²) in [5.41, 5.74) is 1.41. The number of halogens is 1. The number of nitrogens with zero attached hydrogens (tertiary/aromatic N) is 2. The number of ether oxygens (including phenoxy) is 1. The lowest BCUT2D eigenvalue weighted by Crippen LogP contribution is -2.36. The summed E-state index contributed by atoms with van der Waals surface area (Å²) in [6.07, 6.45) is 2.09. The van der Waals surface area contributed by atoms with Crippen LogP contribution in [0.15, 0.2) is 57.9 Å². The zero-order chi connectivity index (χ0) is 19.7. The van der Waals surface area contributed by atoms with Gasteiger partial charge in [-0.1, -0.05) is 34.1 Å². The molecule has 0 bridgehead atoms. The highest BCUT2D eigenvalue weighted by Crippen LogP contribution is 2.27. The molecule has 4 rings (SSSR count). The fraction of sp³-hybridized carbons (Fsp3) is 0.190. The molecule has 1 N–H and O–H groups in total. The molecule has 1 atom stereocenters. The summed E-state index contributed by atoms with van der Waals surface area (Å²) in [6.45, 7) is 0.398. The largest absolute Gasteiger partial charge is 0.488 e. The van der Waals surface area contributed by atoms with Crippen LogP contribution in [0, 0.1) is 11.3 Å². The van der Waals surface area contributed by atoms with E-state index in [1.807, 2.05) is 30.3 Å². The van der Waals surface area contributed by atoms with Crippen molar-refractivity contribution in [1.29, 1.82) is 5.26 Å². The van der Waals surface area contributed by atoms with E-state index in [1.165, 1.54) is 6.20 Å². The lowest BCUT2D eigenvalue weighted by atomic mass is 10.1. The second kappa shape index (κ2) is 7.49. The van der Waals surface area contributed by atoms with Gasteiger partial charge in [0.1, 0.15) is 30.0 Å². The maximum absolute atomic E-state index is 12.5. The van der Waals surface area contributed by atoms with E-state index in [4.69, 9.17) is 4.74 Å². The van der Waals surface area contributed by atoms with Gasteiger partial charge in [0.2, 0.25) is 11.3 Å². The van der Waals surface area contributed by atoms with E-state index in [2.05, 4.69) is 21.2 Å². The van der Waals surface area contributed by atoms with Gasteiger partial charge in [0.25, 0.3) is 0 Å². The predicted octanol–water partition coefficient (Wildman–Crippen LogP) is 2.76. The van der Waals surface area contributed by atoms with Gasteiger partial charge < -0.3 is 14.6 Å². The molecular formula is C21H16BrN3O3. The minimum atomic E-state index is -0.340. The average molecular weight is 438 g/mol. The third-order valence-corrected chi connectivity index (χ3v) is 5.21. The number of nitriles is 1. The predicted molar refractivity (Wildman–Crippen MR) is 108 cm³/mol. The number of fused-ring (bicyclic) bond motifs is 2. The normalized spacial score (nSPS) is 14.9. The van der Waals surface area contributed by atoms with Gasteiger partial charge >= 0.3 is 0 Å². The molecule has 3 aromatic rings. The monoisotopic (exact) mass is 437 g/mol. The molecule has 1 aliphatic heterocycles. The Morgan fingerprint density at radius 3 is 2.93 bits per heavy atom. The van der Waals surface area contributed by atoms with Crippen molar-refractivity contribution in [3.8, 4) is 11.8 Å². The highest BCUT2D eigenvalue weighted by Gasteiger charge is 2.22. The van der Waals surface area contributed by atoms with Crippen molar-refractivity contribution < 1.29 is 9.53 Å². The zero-order valence-electron chi connectivity index (χ0n) is 14.8. The number of benzene rings is 2. The first-order valence-corrected chi connectivity index (χ1v) is 9.58. The van der Waals surface area contributed by atoms with E-state index >= 15 is 0 Å². The minimum Gasteiger partial charge on any atom is -0.488 e. The molecule has 0 saturated heterocycles. The summed E-state index contributed by atoms with van der Waals surface area (Å²) in [4.78, 5) is 24.9. The van der Waals surface area contributed by atoms with Gasteiger partial charge in [-0.25, -0.2) is 0 Å². The Morgan fingerprint density at radius 2 is 2.14 bits per heavy atom. The third-order valence-electron chi connectivity index (χ3n) is 4.72. The van der Waals surface area contributed by atoms with Gasteiger partial charge in [-0.05, 0) is 29.8 Å². The Labute approximate surface area is 169 Å². The summed E-state index contributed by atoms with van der Waals surface area (Å²) >= 11 is 3.34. The van der Waals surface area contributed by atoms with Gasteiger partial charge in [0.15, 0.2) is 0 Å². The molecule has 1 aliphatic rings. The number of nitrogens with one attached hydrogen (secondary N) is 1. The topological polar surface area (TPSA) is 84.1 Å². The lowest BCUT2D eigenvalue weighted by Gasteiger charge is -2.14. The van der Waals surface area contributed by atoms with E-state index in [0.29, 0.717) is 17.4 Å². The average Bonchev–Trinajstić information content (AvgIpc) is 3.11. The summed E-state index contributed by atoms with van der Waals surface area (Å²) in [7, 11) is 0. The van der Waals surface area contributed by atoms with Crippen LogP contribution in [-0.4, -0.2) is 23.1 Å². The van der Waals surface area contributed by atoms with Crippen LogP contribution in [0.2, 0.25) is 0 Å². The molecule has 0 radical (unpaired) electrons. The standard InChI is InChI=1S/C21H16BrN3O3/c22-15-5-6-18-17(8-15)21(27)14(9-23)11-25(18)12-20(26)24-10-16-7-13-3-1-2-4-19(13)28-16/h1-6,8,11,16H,7,10,12H2,(H,24,26). The first-order chi connectivity index (χ1) is 13.5. The molecule has 7 heteroatoms. The molecule has 28 heavy (non-hydrogen) atoms. The number of carbonyl (C=O) groups excluding carboxylic acids is 1. The molecule has 0 saturated carbocycles. The van der Waals surface area contributed by atoms with E-state index in [-0.39, 0.29) is 29.5 Å². The zero-order valence-corrected chi connectivity index (χ0v) is 16.4. The number of pyridine rings is 1. The molecule has 140 valence electrons. The maximum atomic E-state index is 12.5. The van der Waals surface area contributed by atoms with Gasteiger partial charge in [-0.3, -0.25) is 9.59 Å². The second-order valence-electron chi connectivity index (χ2n) is 6.63. The van der Waals surface area contributed by atoms with Crippen molar-refractivity contribution in [2.45, 2.75) is 19.1 Å². The molecule has 1 unspecified atom stereocenters. The number of carbonyl (C=O) groups is 1. The fourth-order valence-corrected chi connectivity index (χ4v) is 3.75. The van der Waals surface area contributed by atoms with E-state index in [1.54, 1.807) is 22.8 Å². The molecule has 0 fully saturated rings. The number of para-hydroxylation sites is 1. The van der Waals surface area contributed by atoms with Crippen LogP contribution in [0.1, 0.15) is 11.1 Å². The quantitative estimate of drug-likeness (QED) is 0.679. The van der Waals surface area contributed by atoms with Gasteiger partial charge in [0, 0.05) is 22.5 Å². The van der Waals surface area contributed by atoms with Gasteiger partial charge in [-0.2, -0.15) is 5.26 Å². The molecule has 0 aliphatic carbocycles. The number of aromatic nitrogens is 1. The summed E-state index contributed by atoms with van der Waals surface area (Å²) in [6, 6.07) is 15.0. The molecule has 0 spiro atoms. The fourth-order valence-electron chi connectivity index (χ4n) is 3.39. The minimum absolute atomic E-state index is 0.00671. The van der Waals surface area contributed by atoms with Crippen LogP contribution in [0.3, 0.4) is 0 Å². The highest BCUT2D eigenvalue weighted by molar-refractivity contribution is 9.10. The molecule has 1 aromatic heterocycles. The van der Waals surface area contributed by atoms with Crippen molar-refractivity contribution in [2.24, 2.45) is 0 Å². The highest BCUT2D eigenvalue weighted by atomic mass is 79.9. The van der Waals surface area contributed by atoms with Crippen LogP contribution in [-0.2, 0) is 17.8 Å². The van der Waals surface area contributed by atoms with Crippen LogP contribution in [0.5, 0.6) is 5.75 Å². The Kier molecular flexibility index (Phi) is 4.88. The Hall–Kier alpha value is -3.11. The van der Waals surface area contributed by atoms with Gasteiger partial charge in [-0.15, -0.1) is 0 Å². The Balaban J connectivity index is 1.49. The SMILES string of the molecule is N#Cc1cn(CC(=O)NCC2Cc3ccccc3O2)c2ccc(Br)cc2c1=O. The van der Waals surface area contributed by atoms with Crippen molar-refractivity contribution in [2.75, 3.05) is 6.54 Å². The Bertz CT molecular complexity index is 1150. The van der Waals surface area contributed by atoms with Crippen LogP contribution >= 0.6 is 15.9 Å². The second-order valence-corrected chi connectivity index (χ2v) is 7.54. The van der Waals surface area contributed by atoms with E-state index in [0.717, 1.165) is 22.2 Å². The first kappa shape index (κ1) is 18.3. The number of hydrogen-bond donors (Lipinski definition) is 1. The number of amides is 1. The first-order valence-electron chi connectivity index (χ1n) is 8.79. The van der Waals surface area contributed by atoms with Crippen LogP contribution < -0.4 is 15.5 Å². The number of rotatable bonds is 4. The van der Waals surface area contributed by atoms with Crippen LogP contribution in [0.4, 0.5) is 0 Å². The van der Waals surface area contributed by atoms with E-state index < -0.39 is 0 Å². The van der Waals surface area contributed by atoms with Crippen molar-refractivity contribution in [3.63, 3.8) is 0 Å². The molecule has 6 nitrogen and oxygen atoms in total. The maximum Gasteiger partial charge on any atom is 0.240 e. The summed E-state index contributed by atoms with van der Waals surface area (Å²) in [5, 5.41) is 12.5. The summed E-state index contributed by atoms with van der Waals surface area (Å²) < 4.78 is 8.20. The smallest absolute Gasteiger partial charge is 0.240 e. The Morgan fingerprint density at radius 1 is 1.32 bits per heavy atom. The molecule has 1 amide bonds. The molecule has 2 aromatic carbocycles. The molecule has 2 heterocycles. The molecular weight excluding hydrogens is 422 g/mol. The van der Waals surface area contributed by atoms with Crippen molar-refractivity contribution in [1.82, 2.24) is 9.88 Å². The van der Waals surface area contributed by atoms with Crippen molar-refractivity contribution >= 4 is 32.7 Å². The lowest BCUT2D eigenvalue weighted by molar-refractivity contribution is -0.121. The summed E-state index contributed by atoms with van der Waals surface area (Å²) in [5.74, 6) is 0.647. The van der Waals surface area contributed by atoms with Crippen molar-refractivity contribution in [3.05, 3.63) is 74.5 Å². The third kappa shape index (κ3) is 3.51. The number of hydrogen-bond acceptors (Lipinski definition) is 4. The van der Waals surface area contributed by atoms with E-state index in [9.17, 15) is 14.9 Å².